The van der Waals surface area contributed by atoms with Gasteiger partial charge in [-0.3, -0.25) is 9.52 Å². The molecule has 1 heterocycles. The van der Waals surface area contributed by atoms with Gasteiger partial charge in [-0.1, -0.05) is 6.07 Å². The number of amides is 1. The molecule has 0 saturated carbocycles. The Balaban J connectivity index is 1.56. The van der Waals surface area contributed by atoms with Gasteiger partial charge in [-0.25, -0.2) is 17.6 Å². The van der Waals surface area contributed by atoms with Crippen molar-refractivity contribution in [3.63, 3.8) is 0 Å². The third-order valence-electron chi connectivity index (χ3n) is 5.04. The van der Waals surface area contributed by atoms with E-state index in [-0.39, 0.29) is 16.1 Å². The topological polar surface area (TPSA) is 102 Å². The van der Waals surface area contributed by atoms with E-state index in [9.17, 15) is 22.4 Å². The quantitative estimate of drug-likeness (QED) is 0.521. The number of benzene rings is 2. The van der Waals surface area contributed by atoms with Crippen molar-refractivity contribution in [2.45, 2.75) is 24.2 Å². The van der Waals surface area contributed by atoms with Crippen LogP contribution in [0.4, 0.5) is 15.1 Å². The lowest BCUT2D eigenvalue weighted by molar-refractivity contribution is 0.0601. The summed E-state index contributed by atoms with van der Waals surface area (Å²) in [6, 6.07) is 10.4. The maximum Gasteiger partial charge on any atom is 0.341 e. The van der Waals surface area contributed by atoms with Crippen molar-refractivity contribution in [1.82, 2.24) is 0 Å². The number of ether oxygens (including phenoxy) is 1. The van der Waals surface area contributed by atoms with Gasteiger partial charge in [-0.2, -0.15) is 0 Å². The maximum absolute atomic E-state index is 13.1. The number of methoxy groups -OCH3 is 1. The summed E-state index contributed by atoms with van der Waals surface area (Å²) < 4.78 is 45.4. The summed E-state index contributed by atoms with van der Waals surface area (Å²) in [5.74, 6) is -1.54. The zero-order chi connectivity index (χ0) is 22.9. The fourth-order valence-corrected chi connectivity index (χ4v) is 5.86. The second kappa shape index (κ2) is 8.71. The molecule has 2 aromatic carbocycles. The van der Waals surface area contributed by atoms with Gasteiger partial charge in [0.05, 0.1) is 17.6 Å². The highest BCUT2D eigenvalue weighted by molar-refractivity contribution is 7.92. The van der Waals surface area contributed by atoms with Gasteiger partial charge in [-0.15, -0.1) is 11.3 Å². The van der Waals surface area contributed by atoms with Gasteiger partial charge in [0, 0.05) is 16.1 Å². The van der Waals surface area contributed by atoms with Crippen LogP contribution in [0.5, 0.6) is 0 Å². The number of esters is 1. The smallest absolute Gasteiger partial charge is 0.341 e. The molecule has 1 aromatic heterocycles. The van der Waals surface area contributed by atoms with E-state index in [0.29, 0.717) is 10.6 Å². The van der Waals surface area contributed by atoms with E-state index in [1.165, 1.54) is 42.7 Å². The Kier molecular flexibility index (Phi) is 5.98. The van der Waals surface area contributed by atoms with Gasteiger partial charge in [0.2, 0.25) is 0 Å². The van der Waals surface area contributed by atoms with Crippen LogP contribution in [0, 0.1) is 5.82 Å². The average Bonchev–Trinajstić information content (AvgIpc) is 3.34. The number of nitrogens with one attached hydrogen (secondary N) is 2. The summed E-state index contributed by atoms with van der Waals surface area (Å²) in [7, 11) is -2.66. The highest BCUT2D eigenvalue weighted by Gasteiger charge is 2.28. The van der Waals surface area contributed by atoms with Gasteiger partial charge < -0.3 is 10.1 Å². The third-order valence-corrected chi connectivity index (χ3v) is 7.64. The van der Waals surface area contributed by atoms with Gasteiger partial charge in [0.25, 0.3) is 15.9 Å². The summed E-state index contributed by atoms with van der Waals surface area (Å²) in [4.78, 5) is 26.1. The molecule has 0 bridgehead atoms. The zero-order valence-electron chi connectivity index (χ0n) is 17.0. The fraction of sp³-hybridized carbons (Fsp3) is 0.182. The van der Waals surface area contributed by atoms with E-state index in [2.05, 4.69) is 10.0 Å². The molecule has 166 valence electrons. The lowest BCUT2D eigenvalue weighted by Crippen LogP contribution is -2.16. The zero-order valence-corrected chi connectivity index (χ0v) is 18.6. The second-order valence-electron chi connectivity index (χ2n) is 7.15. The van der Waals surface area contributed by atoms with Crippen LogP contribution in [-0.2, 0) is 27.6 Å². The number of hydrogen-bond donors (Lipinski definition) is 2. The molecule has 1 aliphatic rings. The van der Waals surface area contributed by atoms with Crippen LogP contribution in [-0.4, -0.2) is 27.4 Å². The number of rotatable bonds is 6. The van der Waals surface area contributed by atoms with Crippen LogP contribution < -0.4 is 10.0 Å². The van der Waals surface area contributed by atoms with E-state index in [4.69, 9.17) is 4.74 Å². The number of halogens is 1. The van der Waals surface area contributed by atoms with E-state index in [1.807, 2.05) is 0 Å². The van der Waals surface area contributed by atoms with Gasteiger partial charge in [0.1, 0.15) is 10.8 Å². The number of thiophene rings is 1. The highest BCUT2D eigenvalue weighted by atomic mass is 32.2. The Bertz CT molecular complexity index is 1300. The average molecular weight is 475 g/mol. The minimum atomic E-state index is -3.96. The SMILES string of the molecule is COC(=O)c1c(NC(=O)c2cccc(NS(=O)(=O)c3ccc(F)cc3)c2)sc2c1CCC2. The first kappa shape index (κ1) is 22.0. The number of hydrogen-bond acceptors (Lipinski definition) is 6. The van der Waals surface area contributed by atoms with Crippen LogP contribution in [0.25, 0.3) is 0 Å². The molecule has 0 fully saturated rings. The van der Waals surface area contributed by atoms with Crippen LogP contribution in [0.1, 0.15) is 37.6 Å². The second-order valence-corrected chi connectivity index (χ2v) is 9.93. The van der Waals surface area contributed by atoms with Gasteiger partial charge >= 0.3 is 5.97 Å². The molecule has 2 N–H and O–H groups in total. The number of aryl methyl sites for hydroxylation is 1. The van der Waals surface area contributed by atoms with Crippen LogP contribution >= 0.6 is 11.3 Å². The van der Waals surface area contributed by atoms with Crippen LogP contribution in [0.3, 0.4) is 0 Å². The van der Waals surface area contributed by atoms with E-state index in [0.717, 1.165) is 54.0 Å². The van der Waals surface area contributed by atoms with Crippen molar-refractivity contribution in [1.29, 1.82) is 0 Å². The predicted octanol–water partition coefficient (Wildman–Crippen LogP) is 4.22. The van der Waals surface area contributed by atoms with Crippen molar-refractivity contribution < 1.29 is 27.1 Å². The number of carbonyl (C=O) groups excluding carboxylic acids is 2. The molecule has 0 aliphatic heterocycles. The van der Waals surface area contributed by atoms with Crippen molar-refractivity contribution >= 4 is 43.9 Å². The minimum absolute atomic E-state index is 0.107. The summed E-state index contributed by atoms with van der Waals surface area (Å²) >= 11 is 1.35. The molecule has 4 rings (SSSR count). The summed E-state index contributed by atoms with van der Waals surface area (Å²) in [5.41, 5.74) is 1.67. The standard InChI is InChI=1S/C22H19FN2O5S2/c1-30-22(27)19-17-6-3-7-18(17)31-21(19)24-20(26)13-4-2-5-15(12-13)25-32(28,29)16-10-8-14(23)9-11-16/h2,4-5,8-12,25H,3,6-7H2,1H3,(H,24,26). The molecular formula is C22H19FN2O5S2. The largest absolute Gasteiger partial charge is 0.465 e. The predicted molar refractivity (Wildman–Crippen MR) is 119 cm³/mol. The van der Waals surface area contributed by atoms with Crippen molar-refractivity contribution in [3.8, 4) is 0 Å². The van der Waals surface area contributed by atoms with Crippen LogP contribution in [0.2, 0.25) is 0 Å². The first-order chi connectivity index (χ1) is 15.3. The molecule has 1 aliphatic carbocycles. The summed E-state index contributed by atoms with van der Waals surface area (Å²) in [5, 5.41) is 3.18. The molecule has 32 heavy (non-hydrogen) atoms. The Morgan fingerprint density at radius 1 is 1.09 bits per heavy atom. The van der Waals surface area contributed by atoms with Gasteiger partial charge in [-0.05, 0) is 67.3 Å². The number of sulfonamides is 1. The molecule has 0 atom stereocenters. The molecule has 7 nitrogen and oxygen atoms in total. The third kappa shape index (κ3) is 4.37. The lowest BCUT2D eigenvalue weighted by Gasteiger charge is -2.10. The molecular weight excluding hydrogens is 455 g/mol. The Labute approximate surface area is 188 Å². The Morgan fingerprint density at radius 3 is 2.56 bits per heavy atom. The first-order valence-electron chi connectivity index (χ1n) is 9.71. The number of carbonyl (C=O) groups is 2. The number of anilines is 2. The molecule has 0 radical (unpaired) electrons. The normalized spacial score (nSPS) is 12.8. The lowest BCUT2D eigenvalue weighted by atomic mass is 10.1. The van der Waals surface area contributed by atoms with Gasteiger partial charge in [0.15, 0.2) is 0 Å². The molecule has 0 saturated heterocycles. The molecule has 10 heteroatoms. The molecule has 0 unspecified atom stereocenters. The number of fused-ring (bicyclic) bond motifs is 1. The van der Waals surface area contributed by atoms with Crippen molar-refractivity contribution in [2.24, 2.45) is 0 Å². The minimum Gasteiger partial charge on any atom is -0.465 e. The van der Waals surface area contributed by atoms with Crippen LogP contribution in [0.15, 0.2) is 53.4 Å². The fourth-order valence-electron chi connectivity index (χ4n) is 3.54. The highest BCUT2D eigenvalue weighted by Crippen LogP contribution is 2.39. The first-order valence-corrected chi connectivity index (χ1v) is 12.0. The van der Waals surface area contributed by atoms with E-state index in [1.54, 1.807) is 0 Å². The summed E-state index contributed by atoms with van der Waals surface area (Å²) in [6.07, 6.45) is 2.56. The molecule has 3 aromatic rings. The summed E-state index contributed by atoms with van der Waals surface area (Å²) in [6.45, 7) is 0. The van der Waals surface area contributed by atoms with E-state index >= 15 is 0 Å². The molecule has 0 spiro atoms. The van der Waals surface area contributed by atoms with E-state index < -0.39 is 27.7 Å². The maximum atomic E-state index is 13.1. The molecule has 1 amide bonds. The Morgan fingerprint density at radius 2 is 1.84 bits per heavy atom. The van der Waals surface area contributed by atoms with Crippen molar-refractivity contribution in [3.05, 3.63) is 75.9 Å². The van der Waals surface area contributed by atoms with Crippen molar-refractivity contribution in [2.75, 3.05) is 17.1 Å². The monoisotopic (exact) mass is 474 g/mol. The Hall–Kier alpha value is -3.24.